The molecule has 31 heavy (non-hydrogen) atoms. The first-order chi connectivity index (χ1) is 15.1. The predicted octanol–water partition coefficient (Wildman–Crippen LogP) is 5.76. The van der Waals surface area contributed by atoms with Gasteiger partial charge in [0.15, 0.2) is 5.76 Å². The van der Waals surface area contributed by atoms with E-state index in [2.05, 4.69) is 15.5 Å². The highest BCUT2D eigenvalue weighted by Gasteiger charge is 2.19. The molecule has 0 aliphatic heterocycles. The highest BCUT2D eigenvalue weighted by molar-refractivity contribution is 6.32. The van der Waals surface area contributed by atoms with Crippen LogP contribution in [0.15, 0.2) is 75.8 Å². The summed E-state index contributed by atoms with van der Waals surface area (Å²) in [5.74, 6) is 0.187. The number of pyridine rings is 1. The third kappa shape index (κ3) is 3.55. The number of nitrogens with zero attached hydrogens (tertiary/aromatic N) is 3. The molecule has 0 atom stereocenters. The van der Waals surface area contributed by atoms with Crippen molar-refractivity contribution in [2.24, 2.45) is 0 Å². The molecule has 0 saturated carbocycles. The van der Waals surface area contributed by atoms with Crippen molar-refractivity contribution in [3.8, 4) is 22.9 Å². The molecule has 2 aromatic carbocycles. The third-order valence-corrected chi connectivity index (χ3v) is 5.27. The minimum Gasteiger partial charge on any atom is -0.459 e. The van der Waals surface area contributed by atoms with Crippen molar-refractivity contribution in [3.63, 3.8) is 0 Å². The number of carbonyl (C=O) groups excluding carboxylic acids is 1. The summed E-state index contributed by atoms with van der Waals surface area (Å²) in [6.45, 7) is 1.88. The fourth-order valence-electron chi connectivity index (χ4n) is 3.29. The van der Waals surface area contributed by atoms with Crippen LogP contribution >= 0.6 is 11.6 Å². The second-order valence-electron chi connectivity index (χ2n) is 6.83. The molecule has 0 fully saturated rings. The number of rotatable bonds is 4. The van der Waals surface area contributed by atoms with Crippen LogP contribution in [0.2, 0.25) is 5.02 Å². The van der Waals surface area contributed by atoms with E-state index in [0.29, 0.717) is 32.9 Å². The predicted molar refractivity (Wildman–Crippen MR) is 117 cm³/mol. The van der Waals surface area contributed by atoms with Gasteiger partial charge in [-0.05, 0) is 36.8 Å². The van der Waals surface area contributed by atoms with Gasteiger partial charge in [-0.25, -0.2) is 4.98 Å². The van der Waals surface area contributed by atoms with E-state index < -0.39 is 5.91 Å². The zero-order chi connectivity index (χ0) is 21.4. The van der Waals surface area contributed by atoms with Crippen LogP contribution in [0.1, 0.15) is 15.9 Å². The van der Waals surface area contributed by atoms with Crippen molar-refractivity contribution in [2.75, 3.05) is 5.32 Å². The van der Waals surface area contributed by atoms with Crippen LogP contribution in [-0.4, -0.2) is 21.1 Å². The summed E-state index contributed by atoms with van der Waals surface area (Å²) in [6.07, 6.45) is 1.50. The van der Waals surface area contributed by atoms with Crippen molar-refractivity contribution in [1.82, 2.24) is 15.2 Å². The van der Waals surface area contributed by atoms with Crippen molar-refractivity contribution in [1.29, 1.82) is 0 Å². The third-order valence-electron chi connectivity index (χ3n) is 4.86. The lowest BCUT2D eigenvalue weighted by Crippen LogP contribution is -2.13. The molecule has 0 radical (unpaired) electrons. The quantitative estimate of drug-likeness (QED) is 0.389. The number of furan rings is 1. The number of amides is 1. The monoisotopic (exact) mass is 430 g/mol. The Morgan fingerprint density at radius 1 is 1.03 bits per heavy atom. The summed E-state index contributed by atoms with van der Waals surface area (Å²) in [5, 5.41) is 11.7. The van der Waals surface area contributed by atoms with Crippen molar-refractivity contribution < 1.29 is 13.6 Å². The zero-order valence-electron chi connectivity index (χ0n) is 16.3. The lowest BCUT2D eigenvalue weighted by atomic mass is 10.0. The lowest BCUT2D eigenvalue weighted by molar-refractivity contribution is 0.102. The molecular formula is C23H15ClN4O3. The van der Waals surface area contributed by atoms with Gasteiger partial charge in [0.1, 0.15) is 0 Å². The number of hydrogen-bond donors (Lipinski definition) is 1. The number of hydrogen-bond acceptors (Lipinski definition) is 6. The highest BCUT2D eigenvalue weighted by Crippen LogP contribution is 2.30. The minimum atomic E-state index is -0.402. The Bertz CT molecular complexity index is 1400. The molecule has 0 spiro atoms. The van der Waals surface area contributed by atoms with Gasteiger partial charge in [-0.2, -0.15) is 0 Å². The molecule has 5 rings (SSSR count). The fraction of sp³-hybridized carbons (Fsp3) is 0.0435. The van der Waals surface area contributed by atoms with Gasteiger partial charge in [0, 0.05) is 16.0 Å². The zero-order valence-corrected chi connectivity index (χ0v) is 17.1. The van der Waals surface area contributed by atoms with Crippen LogP contribution < -0.4 is 5.32 Å². The molecule has 1 N–H and O–H groups in total. The van der Waals surface area contributed by atoms with Gasteiger partial charge in [-0.15, -0.1) is 5.10 Å². The summed E-state index contributed by atoms with van der Waals surface area (Å²) in [4.78, 5) is 17.9. The number of aryl methyl sites for hydroxylation is 1. The number of benzene rings is 2. The summed E-state index contributed by atoms with van der Waals surface area (Å²) in [7, 11) is 0. The van der Waals surface area contributed by atoms with Gasteiger partial charge in [0.2, 0.25) is 0 Å². The van der Waals surface area contributed by atoms with Crippen LogP contribution in [0.25, 0.3) is 33.8 Å². The normalized spacial score (nSPS) is 11.0. The Morgan fingerprint density at radius 3 is 2.65 bits per heavy atom. The van der Waals surface area contributed by atoms with E-state index in [9.17, 15) is 4.79 Å². The van der Waals surface area contributed by atoms with Crippen LogP contribution in [0, 0.1) is 6.92 Å². The van der Waals surface area contributed by atoms with Crippen LogP contribution in [0.4, 0.5) is 6.01 Å². The first-order valence-electron chi connectivity index (χ1n) is 9.44. The second kappa shape index (κ2) is 7.70. The maximum absolute atomic E-state index is 13.2. The molecule has 0 unspecified atom stereocenters. The van der Waals surface area contributed by atoms with E-state index in [-0.39, 0.29) is 11.9 Å². The maximum atomic E-state index is 13.2. The summed E-state index contributed by atoms with van der Waals surface area (Å²) in [6, 6.07) is 18.3. The van der Waals surface area contributed by atoms with Gasteiger partial charge in [-0.3, -0.25) is 10.1 Å². The number of carbonyl (C=O) groups is 1. The van der Waals surface area contributed by atoms with E-state index in [1.807, 2.05) is 37.3 Å². The van der Waals surface area contributed by atoms with Crippen molar-refractivity contribution in [2.45, 2.75) is 6.92 Å². The number of halogens is 1. The van der Waals surface area contributed by atoms with Crippen molar-refractivity contribution in [3.05, 3.63) is 83.1 Å². The molecule has 5 aromatic rings. The number of anilines is 1. The van der Waals surface area contributed by atoms with Gasteiger partial charge in [0.25, 0.3) is 11.8 Å². The molecule has 3 aromatic heterocycles. The number of fused-ring (bicyclic) bond motifs is 1. The average molecular weight is 431 g/mol. The largest absolute Gasteiger partial charge is 0.459 e. The van der Waals surface area contributed by atoms with Crippen molar-refractivity contribution >= 4 is 34.4 Å². The Balaban J connectivity index is 1.58. The summed E-state index contributed by atoms with van der Waals surface area (Å²) in [5.41, 5.74) is 3.41. The molecule has 3 heterocycles. The maximum Gasteiger partial charge on any atom is 0.322 e. The Kier molecular flexibility index (Phi) is 4.72. The summed E-state index contributed by atoms with van der Waals surface area (Å²) >= 11 is 6.32. The first kappa shape index (κ1) is 19.0. The van der Waals surface area contributed by atoms with Gasteiger partial charge in [-0.1, -0.05) is 53.1 Å². The standard InChI is InChI=1S/C23H15ClN4O3/c1-13-17(24)10-9-15-16(12-18(25-20(13)15)14-6-3-2-4-7-14)21(29)26-23-28-27-22(31-23)19-8-5-11-30-19/h2-12H,1H3,(H,26,28,29). The van der Waals surface area contributed by atoms with Gasteiger partial charge < -0.3 is 8.83 Å². The Labute approximate surface area is 181 Å². The van der Waals surface area contributed by atoms with Crippen LogP contribution in [0.5, 0.6) is 0 Å². The molecule has 0 bridgehead atoms. The average Bonchev–Trinajstić information content (AvgIpc) is 3.48. The van der Waals surface area contributed by atoms with Gasteiger partial charge in [0.05, 0.1) is 23.0 Å². The Hall–Kier alpha value is -3.97. The van der Waals surface area contributed by atoms with E-state index in [1.54, 1.807) is 30.3 Å². The van der Waals surface area contributed by atoms with E-state index in [0.717, 1.165) is 11.1 Å². The Morgan fingerprint density at radius 2 is 1.87 bits per heavy atom. The number of aromatic nitrogens is 3. The fourth-order valence-corrected chi connectivity index (χ4v) is 3.44. The lowest BCUT2D eigenvalue weighted by Gasteiger charge is -2.12. The molecule has 1 amide bonds. The summed E-state index contributed by atoms with van der Waals surface area (Å²) < 4.78 is 10.7. The molecule has 7 nitrogen and oxygen atoms in total. The molecule has 8 heteroatoms. The van der Waals surface area contributed by atoms with Crippen LogP contribution in [0.3, 0.4) is 0 Å². The number of nitrogens with one attached hydrogen (secondary N) is 1. The smallest absolute Gasteiger partial charge is 0.322 e. The SMILES string of the molecule is Cc1c(Cl)ccc2c(C(=O)Nc3nnc(-c4ccco4)o3)cc(-c3ccccc3)nc12. The molecule has 152 valence electrons. The van der Waals surface area contributed by atoms with E-state index in [4.69, 9.17) is 25.4 Å². The molecule has 0 aliphatic rings. The minimum absolute atomic E-state index is 0.0340. The first-order valence-corrected chi connectivity index (χ1v) is 9.82. The second-order valence-corrected chi connectivity index (χ2v) is 7.24. The highest BCUT2D eigenvalue weighted by atomic mass is 35.5. The van der Waals surface area contributed by atoms with Crippen LogP contribution in [-0.2, 0) is 0 Å². The molecular weight excluding hydrogens is 416 g/mol. The van der Waals surface area contributed by atoms with E-state index >= 15 is 0 Å². The van der Waals surface area contributed by atoms with Gasteiger partial charge >= 0.3 is 6.01 Å². The van der Waals surface area contributed by atoms with E-state index in [1.165, 1.54) is 6.26 Å². The molecule has 0 saturated heterocycles. The topological polar surface area (TPSA) is 94.1 Å². The molecule has 0 aliphatic carbocycles.